The van der Waals surface area contributed by atoms with E-state index in [1.807, 2.05) is 19.9 Å². The second-order valence-electron chi connectivity index (χ2n) is 7.98. The van der Waals surface area contributed by atoms with Gasteiger partial charge in [-0.15, -0.1) is 11.3 Å². The normalized spacial score (nSPS) is 26.8. The molecule has 2 fully saturated rings. The number of nitrogens with zero attached hydrogens (tertiary/aromatic N) is 2. The second-order valence-corrected chi connectivity index (χ2v) is 9.44. The Morgan fingerprint density at radius 1 is 1.17 bits per heavy atom. The minimum Gasteiger partial charge on any atom is -0.326 e. The highest BCUT2D eigenvalue weighted by atomic mass is 32.1. The number of halogens is 2. The number of carbonyl (C=O) groups is 2. The average Bonchev–Trinajstić information content (AvgIpc) is 3.15. The Morgan fingerprint density at radius 2 is 1.86 bits per heavy atom. The third-order valence-electron chi connectivity index (χ3n) is 5.60. The van der Waals surface area contributed by atoms with Crippen LogP contribution >= 0.6 is 11.3 Å². The van der Waals surface area contributed by atoms with Crippen LogP contribution in [0.25, 0.3) is 0 Å². The van der Waals surface area contributed by atoms with E-state index in [0.717, 1.165) is 15.3 Å². The van der Waals surface area contributed by atoms with Crippen LogP contribution in [0.5, 0.6) is 0 Å². The lowest BCUT2D eigenvalue weighted by Crippen LogP contribution is -2.47. The molecule has 8 heteroatoms. The third-order valence-corrected chi connectivity index (χ3v) is 6.56. The number of carbonyl (C=O) groups excluding carboxylic acids is 2. The molecule has 29 heavy (non-hydrogen) atoms. The number of fused-ring (bicyclic) bond motifs is 1. The van der Waals surface area contributed by atoms with Gasteiger partial charge in [0.25, 0.3) is 5.91 Å². The van der Waals surface area contributed by atoms with Crippen LogP contribution in [0.1, 0.15) is 22.2 Å². The highest BCUT2D eigenvalue weighted by Gasteiger charge is 2.71. The van der Waals surface area contributed by atoms with Gasteiger partial charge in [-0.05, 0) is 37.6 Å². The fraction of sp³-hybridized carbons (Fsp3) is 0.429. The van der Waals surface area contributed by atoms with E-state index in [2.05, 4.69) is 5.32 Å². The van der Waals surface area contributed by atoms with Gasteiger partial charge in [0.15, 0.2) is 5.67 Å². The van der Waals surface area contributed by atoms with Crippen LogP contribution in [0.4, 0.5) is 20.2 Å². The summed E-state index contributed by atoms with van der Waals surface area (Å²) in [6.45, 7) is 4.87. The average molecular weight is 419 g/mol. The molecule has 0 aliphatic carbocycles. The number of amides is 2. The minimum atomic E-state index is -2.54. The molecule has 0 spiro atoms. The molecule has 0 unspecified atom stereocenters. The molecule has 2 atom stereocenters. The standard InChI is InChI=1S/C21H23F2N3O2S/c1-13-8-18(14(2)29-13)26-11-20(22)10-25(12-21(20,23)19(26)28)9-16-4-6-17(7-5-16)24-15(3)27/h4-8H,9-12H2,1-3H3,(H,24,27)/t20-,21+/m0/s1. The van der Waals surface area contributed by atoms with Crippen molar-refractivity contribution in [3.63, 3.8) is 0 Å². The van der Waals surface area contributed by atoms with Crippen molar-refractivity contribution < 1.29 is 18.4 Å². The molecule has 4 rings (SSSR count). The Kier molecular flexibility index (Phi) is 4.74. The number of benzene rings is 1. The first-order valence-corrected chi connectivity index (χ1v) is 10.3. The maximum absolute atomic E-state index is 15.7. The first-order chi connectivity index (χ1) is 13.6. The lowest BCUT2D eigenvalue weighted by Gasteiger charge is -2.22. The highest BCUT2D eigenvalue weighted by molar-refractivity contribution is 7.12. The summed E-state index contributed by atoms with van der Waals surface area (Å²) in [5.74, 6) is -0.951. The van der Waals surface area contributed by atoms with Gasteiger partial charge in [-0.25, -0.2) is 8.78 Å². The van der Waals surface area contributed by atoms with Crippen LogP contribution in [-0.4, -0.2) is 47.7 Å². The van der Waals surface area contributed by atoms with Gasteiger partial charge >= 0.3 is 0 Å². The zero-order valence-electron chi connectivity index (χ0n) is 16.6. The third kappa shape index (κ3) is 3.34. The molecule has 5 nitrogen and oxygen atoms in total. The minimum absolute atomic E-state index is 0.138. The molecule has 1 N–H and O–H groups in total. The van der Waals surface area contributed by atoms with E-state index < -0.39 is 17.2 Å². The number of nitrogens with one attached hydrogen (secondary N) is 1. The Hall–Kier alpha value is -2.32. The van der Waals surface area contributed by atoms with Crippen LogP contribution in [0.15, 0.2) is 30.3 Å². The predicted molar refractivity (Wildman–Crippen MR) is 110 cm³/mol. The number of hydrogen-bond donors (Lipinski definition) is 1. The van der Waals surface area contributed by atoms with Crippen LogP contribution in [-0.2, 0) is 16.1 Å². The zero-order valence-corrected chi connectivity index (χ0v) is 17.4. The number of likely N-dealkylation sites (tertiary alicyclic amines) is 1. The van der Waals surface area contributed by atoms with E-state index in [1.54, 1.807) is 29.2 Å². The first kappa shape index (κ1) is 20.0. The fourth-order valence-corrected chi connectivity index (χ4v) is 5.23. The molecule has 0 bridgehead atoms. The summed E-state index contributed by atoms with van der Waals surface area (Å²) in [4.78, 5) is 28.8. The SMILES string of the molecule is CC(=O)Nc1ccc(CN2C[C@]3(F)CN(c4cc(C)sc4C)C(=O)[C@]3(F)C2)cc1. The molecule has 2 amide bonds. The van der Waals surface area contributed by atoms with Crippen molar-refractivity contribution in [2.75, 3.05) is 29.9 Å². The van der Waals surface area contributed by atoms with Gasteiger partial charge in [0.1, 0.15) is 0 Å². The van der Waals surface area contributed by atoms with Crippen LogP contribution < -0.4 is 10.2 Å². The van der Waals surface area contributed by atoms with E-state index in [0.29, 0.717) is 17.9 Å². The largest absolute Gasteiger partial charge is 0.326 e. The Balaban J connectivity index is 1.49. The monoisotopic (exact) mass is 419 g/mol. The van der Waals surface area contributed by atoms with Crippen molar-refractivity contribution in [2.24, 2.45) is 0 Å². The Morgan fingerprint density at radius 3 is 2.41 bits per heavy atom. The summed E-state index contributed by atoms with van der Waals surface area (Å²) in [7, 11) is 0. The van der Waals surface area contributed by atoms with E-state index in [4.69, 9.17) is 0 Å². The van der Waals surface area contributed by atoms with Gasteiger partial charge in [0.05, 0.1) is 12.2 Å². The van der Waals surface area contributed by atoms with Crippen molar-refractivity contribution in [2.45, 2.75) is 38.7 Å². The van der Waals surface area contributed by atoms with Crippen molar-refractivity contribution in [1.29, 1.82) is 0 Å². The quantitative estimate of drug-likeness (QED) is 0.824. The maximum Gasteiger partial charge on any atom is 0.269 e. The molecule has 0 saturated carbocycles. The van der Waals surface area contributed by atoms with Gasteiger partial charge in [-0.3, -0.25) is 14.5 Å². The van der Waals surface area contributed by atoms with Crippen LogP contribution in [0.2, 0.25) is 0 Å². The number of anilines is 2. The zero-order chi connectivity index (χ0) is 21.0. The molecule has 2 aromatic rings. The number of thiophene rings is 1. The Bertz CT molecular complexity index is 977. The molecule has 2 aliphatic heterocycles. The summed E-state index contributed by atoms with van der Waals surface area (Å²) in [5, 5.41) is 2.68. The maximum atomic E-state index is 15.7. The summed E-state index contributed by atoms with van der Waals surface area (Å²) in [6, 6.07) is 8.93. The van der Waals surface area contributed by atoms with Crippen molar-refractivity contribution in [3.8, 4) is 0 Å². The van der Waals surface area contributed by atoms with Crippen molar-refractivity contribution in [3.05, 3.63) is 45.6 Å². The first-order valence-electron chi connectivity index (χ1n) is 9.47. The number of alkyl halides is 2. The van der Waals surface area contributed by atoms with E-state index >= 15 is 8.78 Å². The lowest BCUT2D eigenvalue weighted by molar-refractivity contribution is -0.130. The van der Waals surface area contributed by atoms with Crippen molar-refractivity contribution >= 4 is 34.5 Å². The number of hydrogen-bond acceptors (Lipinski definition) is 4. The van der Waals surface area contributed by atoms with E-state index in [9.17, 15) is 9.59 Å². The molecule has 1 aromatic heterocycles. The van der Waals surface area contributed by atoms with E-state index in [1.165, 1.54) is 23.2 Å². The molecular weight excluding hydrogens is 396 g/mol. The molecule has 0 radical (unpaired) electrons. The van der Waals surface area contributed by atoms with Gasteiger partial charge in [0.2, 0.25) is 11.6 Å². The van der Waals surface area contributed by atoms with Gasteiger partial charge < -0.3 is 10.2 Å². The molecule has 2 aliphatic rings. The molecule has 2 saturated heterocycles. The number of aryl methyl sites for hydroxylation is 2. The van der Waals surface area contributed by atoms with Gasteiger partial charge in [-0.2, -0.15) is 0 Å². The van der Waals surface area contributed by atoms with Gasteiger partial charge in [0, 0.05) is 42.0 Å². The summed E-state index contributed by atoms with van der Waals surface area (Å²) < 4.78 is 31.3. The summed E-state index contributed by atoms with van der Waals surface area (Å²) >= 11 is 1.52. The van der Waals surface area contributed by atoms with Gasteiger partial charge in [-0.1, -0.05) is 12.1 Å². The lowest BCUT2D eigenvalue weighted by atomic mass is 9.93. The summed E-state index contributed by atoms with van der Waals surface area (Å²) in [5.41, 5.74) is -2.63. The molecule has 1 aromatic carbocycles. The van der Waals surface area contributed by atoms with Crippen LogP contribution in [0.3, 0.4) is 0 Å². The topological polar surface area (TPSA) is 52.7 Å². The summed E-state index contributed by atoms with van der Waals surface area (Å²) in [6.07, 6.45) is 0. The van der Waals surface area contributed by atoms with Crippen LogP contribution in [0, 0.1) is 13.8 Å². The van der Waals surface area contributed by atoms with E-state index in [-0.39, 0.29) is 25.5 Å². The molecular formula is C21H23F2N3O2S. The second kappa shape index (κ2) is 6.88. The highest BCUT2D eigenvalue weighted by Crippen LogP contribution is 2.48. The number of rotatable bonds is 4. The predicted octanol–water partition coefficient (Wildman–Crippen LogP) is 3.60. The van der Waals surface area contributed by atoms with Crippen molar-refractivity contribution in [1.82, 2.24) is 4.90 Å². The molecule has 3 heterocycles. The fourth-order valence-electron chi connectivity index (χ4n) is 4.30. The Labute approximate surface area is 172 Å². The molecule has 154 valence electrons. The smallest absolute Gasteiger partial charge is 0.269 e.